The van der Waals surface area contributed by atoms with Crippen LogP contribution in [0.3, 0.4) is 0 Å². The number of allylic oxidation sites excluding steroid dienone is 1. The highest BCUT2D eigenvalue weighted by atomic mass is 32.1. The molecule has 0 bridgehead atoms. The van der Waals surface area contributed by atoms with E-state index in [-0.39, 0.29) is 5.82 Å². The van der Waals surface area contributed by atoms with E-state index in [0.29, 0.717) is 0 Å². The summed E-state index contributed by atoms with van der Waals surface area (Å²) in [5, 5.41) is 8.46. The van der Waals surface area contributed by atoms with E-state index < -0.39 is 0 Å². The molecule has 2 aliphatic rings. The molecule has 3 heterocycles. The van der Waals surface area contributed by atoms with Crippen molar-refractivity contribution in [1.82, 2.24) is 5.01 Å². The summed E-state index contributed by atoms with van der Waals surface area (Å²) in [6.45, 7) is 1.92. The SMILES string of the molecule is Fc1ccc(C2=C3CCCCN3N(c3csc4ccccc34)C2)cc1. The number of fused-ring (bicyclic) bond motifs is 2. The Morgan fingerprint density at radius 1 is 0.920 bits per heavy atom. The van der Waals surface area contributed by atoms with Crippen molar-refractivity contribution in [3.63, 3.8) is 0 Å². The first kappa shape index (κ1) is 15.0. The van der Waals surface area contributed by atoms with Gasteiger partial charge in [-0.05, 0) is 43.0 Å². The maximum Gasteiger partial charge on any atom is 0.123 e. The van der Waals surface area contributed by atoms with Crippen molar-refractivity contribution in [2.45, 2.75) is 19.3 Å². The molecule has 2 aliphatic heterocycles. The quantitative estimate of drug-likeness (QED) is 0.587. The Morgan fingerprint density at radius 2 is 1.76 bits per heavy atom. The van der Waals surface area contributed by atoms with Crippen LogP contribution in [0.2, 0.25) is 0 Å². The van der Waals surface area contributed by atoms with E-state index >= 15 is 0 Å². The van der Waals surface area contributed by atoms with Crippen molar-refractivity contribution in [2.75, 3.05) is 18.1 Å². The largest absolute Gasteiger partial charge is 0.289 e. The zero-order valence-corrected chi connectivity index (χ0v) is 14.7. The second kappa shape index (κ2) is 5.88. The minimum atomic E-state index is -0.173. The lowest BCUT2D eigenvalue weighted by Crippen LogP contribution is -2.39. The highest BCUT2D eigenvalue weighted by molar-refractivity contribution is 7.17. The summed E-state index contributed by atoms with van der Waals surface area (Å²) >= 11 is 1.80. The molecule has 1 saturated heterocycles. The topological polar surface area (TPSA) is 6.48 Å². The van der Waals surface area contributed by atoms with Crippen LogP contribution >= 0.6 is 11.3 Å². The van der Waals surface area contributed by atoms with Crippen LogP contribution in [0.5, 0.6) is 0 Å². The monoisotopic (exact) mass is 350 g/mol. The summed E-state index contributed by atoms with van der Waals surface area (Å²) in [6.07, 6.45) is 3.55. The molecule has 0 spiro atoms. The molecule has 3 aromatic rings. The van der Waals surface area contributed by atoms with Crippen molar-refractivity contribution < 1.29 is 4.39 Å². The van der Waals surface area contributed by atoms with Gasteiger partial charge < -0.3 is 0 Å². The molecule has 2 nitrogen and oxygen atoms in total. The number of piperidine rings is 1. The second-order valence-electron chi connectivity index (χ2n) is 6.69. The minimum Gasteiger partial charge on any atom is -0.289 e. The molecule has 0 N–H and O–H groups in total. The fourth-order valence-corrected chi connectivity index (χ4v) is 4.95. The number of hydrazine groups is 1. The minimum absolute atomic E-state index is 0.173. The van der Waals surface area contributed by atoms with Gasteiger partial charge in [-0.1, -0.05) is 30.3 Å². The van der Waals surface area contributed by atoms with Crippen molar-refractivity contribution in [3.05, 3.63) is 71.0 Å². The summed E-state index contributed by atoms with van der Waals surface area (Å²) in [7, 11) is 0. The standard InChI is InChI=1S/C21H19FN2S/c22-16-10-8-15(9-11-16)18-13-24(23-12-4-3-6-19(18)23)20-14-25-21-7-2-1-5-17(20)21/h1-2,5,7-11,14H,3-4,6,12-13H2. The molecule has 25 heavy (non-hydrogen) atoms. The van der Waals surface area contributed by atoms with E-state index in [4.69, 9.17) is 0 Å². The lowest BCUT2D eigenvalue weighted by molar-refractivity contribution is 0.295. The van der Waals surface area contributed by atoms with Gasteiger partial charge in [-0.2, -0.15) is 0 Å². The molecular weight excluding hydrogens is 331 g/mol. The van der Waals surface area contributed by atoms with E-state index in [0.717, 1.165) is 25.1 Å². The molecule has 2 aromatic carbocycles. The number of benzene rings is 2. The lowest BCUT2D eigenvalue weighted by atomic mass is 10.00. The van der Waals surface area contributed by atoms with Gasteiger partial charge in [0, 0.05) is 33.3 Å². The number of thiophene rings is 1. The van der Waals surface area contributed by atoms with Crippen LogP contribution in [-0.2, 0) is 0 Å². The van der Waals surface area contributed by atoms with Crippen molar-refractivity contribution in [1.29, 1.82) is 0 Å². The normalized spacial score (nSPS) is 17.5. The van der Waals surface area contributed by atoms with Crippen LogP contribution in [0, 0.1) is 5.82 Å². The third-order valence-corrected chi connectivity index (χ3v) is 6.18. The Kier molecular flexibility index (Phi) is 3.52. The third-order valence-electron chi connectivity index (χ3n) is 5.22. The van der Waals surface area contributed by atoms with Gasteiger partial charge in [0.15, 0.2) is 0 Å². The van der Waals surface area contributed by atoms with Gasteiger partial charge in [0.05, 0.1) is 12.2 Å². The van der Waals surface area contributed by atoms with Gasteiger partial charge in [0.2, 0.25) is 0 Å². The molecule has 0 radical (unpaired) electrons. The van der Waals surface area contributed by atoms with Crippen LogP contribution < -0.4 is 5.01 Å². The smallest absolute Gasteiger partial charge is 0.123 e. The number of anilines is 1. The zero-order valence-electron chi connectivity index (χ0n) is 13.9. The number of hydrogen-bond donors (Lipinski definition) is 0. The lowest BCUT2D eigenvalue weighted by Gasteiger charge is -2.36. The van der Waals surface area contributed by atoms with Gasteiger partial charge in [-0.15, -0.1) is 11.3 Å². The van der Waals surface area contributed by atoms with Crippen LogP contribution in [0.1, 0.15) is 24.8 Å². The molecule has 0 saturated carbocycles. The van der Waals surface area contributed by atoms with Crippen molar-refractivity contribution in [2.24, 2.45) is 0 Å². The van der Waals surface area contributed by atoms with E-state index in [2.05, 4.69) is 39.7 Å². The highest BCUT2D eigenvalue weighted by Crippen LogP contribution is 2.42. The van der Waals surface area contributed by atoms with E-state index in [1.165, 1.54) is 39.9 Å². The molecular formula is C21H19FN2S. The van der Waals surface area contributed by atoms with Crippen LogP contribution in [-0.4, -0.2) is 18.1 Å². The van der Waals surface area contributed by atoms with Crippen molar-refractivity contribution in [3.8, 4) is 0 Å². The average Bonchev–Trinajstić information content (AvgIpc) is 3.24. The maximum atomic E-state index is 13.3. The molecule has 0 atom stereocenters. The van der Waals surface area contributed by atoms with Gasteiger partial charge >= 0.3 is 0 Å². The third kappa shape index (κ3) is 2.44. The molecule has 0 aliphatic carbocycles. The van der Waals surface area contributed by atoms with Crippen LogP contribution in [0.15, 0.2) is 59.6 Å². The fourth-order valence-electron chi connectivity index (χ4n) is 4.01. The second-order valence-corrected chi connectivity index (χ2v) is 7.60. The van der Waals surface area contributed by atoms with Gasteiger partial charge in [0.1, 0.15) is 5.82 Å². The Bertz CT molecular complexity index is 957. The number of rotatable bonds is 2. The average molecular weight is 350 g/mol. The zero-order chi connectivity index (χ0) is 16.8. The Balaban J connectivity index is 1.59. The van der Waals surface area contributed by atoms with Gasteiger partial charge in [0.25, 0.3) is 0 Å². The molecule has 4 heteroatoms. The van der Waals surface area contributed by atoms with Gasteiger partial charge in [-0.3, -0.25) is 10.0 Å². The first-order valence-corrected chi connectivity index (χ1v) is 9.68. The Labute approximate surface area is 150 Å². The summed E-state index contributed by atoms with van der Waals surface area (Å²) in [5.74, 6) is -0.173. The molecule has 0 unspecified atom stereocenters. The summed E-state index contributed by atoms with van der Waals surface area (Å²) < 4.78 is 14.7. The fraction of sp³-hybridized carbons (Fsp3) is 0.238. The van der Waals surface area contributed by atoms with Gasteiger partial charge in [-0.25, -0.2) is 4.39 Å². The highest BCUT2D eigenvalue weighted by Gasteiger charge is 2.33. The summed E-state index contributed by atoms with van der Waals surface area (Å²) in [5.41, 5.74) is 5.19. The molecule has 126 valence electrons. The molecule has 5 rings (SSSR count). The van der Waals surface area contributed by atoms with Crippen LogP contribution in [0.4, 0.5) is 10.1 Å². The van der Waals surface area contributed by atoms with E-state index in [1.807, 2.05) is 12.1 Å². The number of nitrogens with zero attached hydrogens (tertiary/aromatic N) is 2. The molecule has 1 fully saturated rings. The first-order chi connectivity index (χ1) is 12.3. The first-order valence-electron chi connectivity index (χ1n) is 8.80. The summed E-state index contributed by atoms with van der Waals surface area (Å²) in [4.78, 5) is 0. The van der Waals surface area contributed by atoms with Crippen molar-refractivity contribution >= 4 is 32.7 Å². The molecule has 0 amide bonds. The van der Waals surface area contributed by atoms with Crippen LogP contribution in [0.25, 0.3) is 15.7 Å². The van der Waals surface area contributed by atoms with E-state index in [9.17, 15) is 4.39 Å². The molecule has 1 aromatic heterocycles. The summed E-state index contributed by atoms with van der Waals surface area (Å²) in [6, 6.07) is 15.6. The maximum absolute atomic E-state index is 13.3. The Morgan fingerprint density at radius 3 is 2.64 bits per heavy atom. The predicted molar refractivity (Wildman–Crippen MR) is 103 cm³/mol. The van der Waals surface area contributed by atoms with E-state index in [1.54, 1.807) is 23.5 Å². The predicted octanol–water partition coefficient (Wildman–Crippen LogP) is 5.67. The number of halogens is 1. The number of hydrogen-bond acceptors (Lipinski definition) is 3. The Hall–Kier alpha value is -2.33.